The van der Waals surface area contributed by atoms with Crippen molar-refractivity contribution < 1.29 is 4.43 Å². The van der Waals surface area contributed by atoms with Gasteiger partial charge in [-0.3, -0.25) is 0 Å². The first-order valence-corrected chi connectivity index (χ1v) is 7.48. The fourth-order valence-corrected chi connectivity index (χ4v) is 1.63. The van der Waals surface area contributed by atoms with Crippen LogP contribution in [0.3, 0.4) is 0 Å². The minimum Gasteiger partial charge on any atom is -0.417 e. The molecule has 62 valence electrons. The monoisotopic (exact) mass is 168 g/mol. The third-order valence-corrected chi connectivity index (χ3v) is 2.57. The van der Waals surface area contributed by atoms with Crippen LogP contribution in [0, 0.1) is 5.92 Å². The summed E-state index contributed by atoms with van der Waals surface area (Å²) in [6, 6.07) is 0. The molecular weight excluding hydrogens is 152 g/mol. The maximum atomic E-state index is 5.75. The third-order valence-electron chi connectivity index (χ3n) is 1.54. The van der Waals surface area contributed by atoms with Gasteiger partial charge in [0.1, 0.15) is 0 Å². The highest BCUT2D eigenvalue weighted by Gasteiger charge is 2.15. The quantitative estimate of drug-likeness (QED) is 0.589. The summed E-state index contributed by atoms with van der Waals surface area (Å²) in [4.78, 5) is 0. The highest BCUT2D eigenvalue weighted by atomic mass is 28.4. The minimum atomic E-state index is -1.29. The van der Waals surface area contributed by atoms with Crippen LogP contribution >= 0.6 is 0 Å². The van der Waals surface area contributed by atoms with E-state index in [9.17, 15) is 0 Å². The second kappa shape index (κ2) is 3.37. The second-order valence-electron chi connectivity index (χ2n) is 3.86. The van der Waals surface area contributed by atoms with Crippen LogP contribution in [0.25, 0.3) is 0 Å². The molecule has 0 N–H and O–H groups in total. The normalized spacial score (nSPS) is 18.1. The lowest BCUT2D eigenvalue weighted by Crippen LogP contribution is -2.27. The Kier molecular flexibility index (Phi) is 2.68. The highest BCUT2D eigenvalue weighted by Crippen LogP contribution is 2.12. The molecule has 0 aromatic heterocycles. The summed E-state index contributed by atoms with van der Waals surface area (Å²) in [6.45, 7) is 7.52. The Morgan fingerprint density at radius 1 is 1.18 bits per heavy atom. The average molecular weight is 168 g/mol. The zero-order valence-corrected chi connectivity index (χ0v) is 8.50. The largest absolute Gasteiger partial charge is 0.417 e. The van der Waals surface area contributed by atoms with Crippen LogP contribution in [0.5, 0.6) is 0 Å². The van der Waals surface area contributed by atoms with Crippen molar-refractivity contribution in [2.45, 2.75) is 19.6 Å². The van der Waals surface area contributed by atoms with Crippen LogP contribution < -0.4 is 0 Å². The molecule has 1 rings (SSSR count). The van der Waals surface area contributed by atoms with Gasteiger partial charge in [-0.25, -0.2) is 0 Å². The van der Waals surface area contributed by atoms with E-state index in [1.807, 2.05) is 0 Å². The summed E-state index contributed by atoms with van der Waals surface area (Å²) in [5.41, 5.74) is 0. The van der Waals surface area contributed by atoms with E-state index in [4.69, 9.17) is 4.43 Å². The molecule has 0 aromatic rings. The Morgan fingerprint density at radius 3 is 2.18 bits per heavy atom. The molecule has 0 aromatic carbocycles. The van der Waals surface area contributed by atoms with E-state index in [-0.39, 0.29) is 0 Å². The van der Waals surface area contributed by atoms with Gasteiger partial charge in [-0.2, -0.15) is 0 Å². The fraction of sp³-hybridized carbons (Fsp3) is 0.556. The summed E-state index contributed by atoms with van der Waals surface area (Å²) in [5, 5.41) is 0. The molecule has 0 saturated carbocycles. The van der Waals surface area contributed by atoms with Gasteiger partial charge >= 0.3 is 0 Å². The van der Waals surface area contributed by atoms with Crippen molar-refractivity contribution in [1.82, 2.24) is 0 Å². The van der Waals surface area contributed by atoms with E-state index in [1.54, 1.807) is 0 Å². The van der Waals surface area contributed by atoms with Gasteiger partial charge in [0, 0.05) is 12.5 Å². The average Bonchev–Trinajstić information content (AvgIpc) is 2.32. The van der Waals surface area contributed by atoms with Gasteiger partial charge < -0.3 is 4.43 Å². The first-order chi connectivity index (χ1) is 5.08. The Bertz CT molecular complexity index is 164. The molecule has 0 atom stereocenters. The van der Waals surface area contributed by atoms with Crippen LogP contribution in [-0.2, 0) is 4.43 Å². The van der Waals surface area contributed by atoms with Crippen LogP contribution in [-0.4, -0.2) is 14.9 Å². The number of hydrogen-bond acceptors (Lipinski definition) is 1. The Balaban J connectivity index is 2.23. The summed E-state index contributed by atoms with van der Waals surface area (Å²) in [5.74, 6) is 0.529. The van der Waals surface area contributed by atoms with E-state index in [1.165, 1.54) is 0 Å². The SMILES string of the molecule is C[Si](C)(C)OCC1C=CC=C1. The molecule has 0 amide bonds. The van der Waals surface area contributed by atoms with Gasteiger partial charge in [0.25, 0.3) is 0 Å². The smallest absolute Gasteiger partial charge is 0.183 e. The van der Waals surface area contributed by atoms with Gasteiger partial charge in [0.05, 0.1) is 0 Å². The predicted molar refractivity (Wildman–Crippen MR) is 51.1 cm³/mol. The second-order valence-corrected chi connectivity index (χ2v) is 8.37. The molecule has 11 heavy (non-hydrogen) atoms. The standard InChI is InChI=1S/C9H16OSi/c1-11(2,3)10-8-9-6-4-5-7-9/h4-7,9H,8H2,1-3H3. The van der Waals surface area contributed by atoms with Gasteiger partial charge in [0.2, 0.25) is 0 Å². The molecule has 0 heterocycles. The van der Waals surface area contributed by atoms with E-state index in [0.717, 1.165) is 6.61 Å². The molecule has 2 heteroatoms. The Morgan fingerprint density at radius 2 is 1.73 bits per heavy atom. The lowest BCUT2D eigenvalue weighted by atomic mass is 10.2. The lowest BCUT2D eigenvalue weighted by molar-refractivity contribution is 0.291. The fourth-order valence-electron chi connectivity index (χ4n) is 0.935. The van der Waals surface area contributed by atoms with Gasteiger partial charge in [0.15, 0.2) is 8.32 Å². The Labute approximate surface area is 69.9 Å². The topological polar surface area (TPSA) is 9.23 Å². The van der Waals surface area contributed by atoms with Crippen LogP contribution in [0.15, 0.2) is 24.3 Å². The van der Waals surface area contributed by atoms with Gasteiger partial charge in [-0.15, -0.1) is 0 Å². The summed E-state index contributed by atoms with van der Waals surface area (Å²) in [6.07, 6.45) is 8.52. The van der Waals surface area contributed by atoms with Crippen molar-refractivity contribution in [3.8, 4) is 0 Å². The molecule has 1 nitrogen and oxygen atoms in total. The number of rotatable bonds is 3. The van der Waals surface area contributed by atoms with Gasteiger partial charge in [-0.1, -0.05) is 24.3 Å². The van der Waals surface area contributed by atoms with Gasteiger partial charge in [-0.05, 0) is 19.6 Å². The number of allylic oxidation sites excluding steroid dienone is 2. The first kappa shape index (κ1) is 8.75. The molecule has 1 aliphatic carbocycles. The van der Waals surface area contributed by atoms with Crippen molar-refractivity contribution in [3.05, 3.63) is 24.3 Å². The van der Waals surface area contributed by atoms with E-state index < -0.39 is 8.32 Å². The predicted octanol–water partition coefficient (Wildman–Crippen LogP) is 2.58. The summed E-state index contributed by atoms with van der Waals surface area (Å²) in [7, 11) is -1.29. The van der Waals surface area contributed by atoms with Crippen LogP contribution in [0.4, 0.5) is 0 Å². The van der Waals surface area contributed by atoms with Crippen molar-refractivity contribution in [3.63, 3.8) is 0 Å². The van der Waals surface area contributed by atoms with Crippen molar-refractivity contribution in [1.29, 1.82) is 0 Å². The highest BCUT2D eigenvalue weighted by molar-refractivity contribution is 6.69. The lowest BCUT2D eigenvalue weighted by Gasteiger charge is -2.18. The van der Waals surface area contributed by atoms with E-state index >= 15 is 0 Å². The van der Waals surface area contributed by atoms with Crippen molar-refractivity contribution in [2.24, 2.45) is 5.92 Å². The Hall–Kier alpha value is -0.343. The third kappa shape index (κ3) is 3.53. The van der Waals surface area contributed by atoms with E-state index in [2.05, 4.69) is 43.9 Å². The molecule has 0 fully saturated rings. The van der Waals surface area contributed by atoms with Crippen LogP contribution in [0.1, 0.15) is 0 Å². The maximum Gasteiger partial charge on any atom is 0.183 e. The minimum absolute atomic E-state index is 0.529. The van der Waals surface area contributed by atoms with Crippen LogP contribution in [0.2, 0.25) is 19.6 Å². The molecule has 0 spiro atoms. The molecule has 0 saturated heterocycles. The molecule has 1 aliphatic rings. The van der Waals surface area contributed by atoms with E-state index in [0.29, 0.717) is 5.92 Å². The van der Waals surface area contributed by atoms with Crippen molar-refractivity contribution >= 4 is 8.32 Å². The molecule has 0 unspecified atom stereocenters. The zero-order valence-electron chi connectivity index (χ0n) is 7.50. The molecule has 0 aliphatic heterocycles. The van der Waals surface area contributed by atoms with Crippen molar-refractivity contribution in [2.75, 3.05) is 6.61 Å². The zero-order chi connectivity index (χ0) is 8.32. The summed E-state index contributed by atoms with van der Waals surface area (Å²) < 4.78 is 5.75. The summed E-state index contributed by atoms with van der Waals surface area (Å²) >= 11 is 0. The molecular formula is C9H16OSi. The molecule has 0 bridgehead atoms. The molecule has 0 radical (unpaired) electrons. The first-order valence-electron chi connectivity index (χ1n) is 4.07. The number of hydrogen-bond donors (Lipinski definition) is 0. The maximum absolute atomic E-state index is 5.75.